The molecule has 1 aliphatic rings. The number of hydrogen-bond acceptors (Lipinski definition) is 6. The first-order chi connectivity index (χ1) is 9.78. The van der Waals surface area contributed by atoms with Crippen molar-refractivity contribution in [3.63, 3.8) is 0 Å². The summed E-state index contributed by atoms with van der Waals surface area (Å²) < 4.78 is 4.72. The summed E-state index contributed by atoms with van der Waals surface area (Å²) in [5.74, 6) is -2.05. The summed E-state index contributed by atoms with van der Waals surface area (Å²) in [7, 11) is 1.24. The normalized spacial score (nSPS) is 23.5. The molecule has 0 aromatic carbocycles. The molecule has 0 saturated heterocycles. The molecule has 0 aliphatic heterocycles. The number of methoxy groups -OCH3 is 1. The average Bonchev–Trinajstić information content (AvgIpc) is 2.41. The van der Waals surface area contributed by atoms with Crippen molar-refractivity contribution < 1.29 is 24.5 Å². The Labute approximate surface area is 124 Å². The van der Waals surface area contributed by atoms with Crippen molar-refractivity contribution in [3.8, 4) is 0 Å². The fraction of sp³-hybridized carbons (Fsp3) is 0.667. The molecular weight excluding hydrogens is 274 g/mol. The van der Waals surface area contributed by atoms with Gasteiger partial charge < -0.3 is 14.9 Å². The summed E-state index contributed by atoms with van der Waals surface area (Å²) in [6.45, 7) is 5.19. The molecule has 6 nitrogen and oxygen atoms in total. The van der Waals surface area contributed by atoms with Crippen LogP contribution in [0.2, 0.25) is 0 Å². The Hall–Kier alpha value is -1.69. The molecule has 0 aromatic heterocycles. The molecular formula is C15H23NO5. The van der Waals surface area contributed by atoms with Gasteiger partial charge in [-0.2, -0.15) is 0 Å². The molecule has 0 bridgehead atoms. The van der Waals surface area contributed by atoms with E-state index in [1.807, 2.05) is 6.92 Å². The summed E-state index contributed by atoms with van der Waals surface area (Å²) in [5.41, 5.74) is -0.691. The van der Waals surface area contributed by atoms with Crippen molar-refractivity contribution in [2.75, 3.05) is 13.7 Å². The van der Waals surface area contributed by atoms with Gasteiger partial charge in [-0.05, 0) is 11.8 Å². The largest absolute Gasteiger partial charge is 0.511 e. The number of ether oxygens (including phenoxy) is 1. The number of aliphatic hydroxyl groups is 2. The van der Waals surface area contributed by atoms with E-state index in [0.29, 0.717) is 6.42 Å². The summed E-state index contributed by atoms with van der Waals surface area (Å²) >= 11 is 0. The maximum absolute atomic E-state index is 12.1. The fourth-order valence-corrected chi connectivity index (χ4v) is 2.43. The van der Waals surface area contributed by atoms with Gasteiger partial charge in [-0.15, -0.1) is 0 Å². The molecule has 2 N–H and O–H groups in total. The van der Waals surface area contributed by atoms with Crippen LogP contribution in [-0.2, 0) is 14.3 Å². The topological polar surface area (TPSA) is 96.2 Å². The Balaban J connectivity index is 3.21. The maximum atomic E-state index is 12.1. The van der Waals surface area contributed by atoms with E-state index in [2.05, 4.69) is 4.99 Å². The minimum atomic E-state index is -0.893. The van der Waals surface area contributed by atoms with Crippen molar-refractivity contribution in [2.45, 2.75) is 39.7 Å². The van der Waals surface area contributed by atoms with Crippen LogP contribution in [0.3, 0.4) is 0 Å². The summed E-state index contributed by atoms with van der Waals surface area (Å²) in [4.78, 5) is 28.1. The summed E-state index contributed by atoms with van der Waals surface area (Å²) in [5, 5.41) is 19.4. The highest BCUT2D eigenvalue weighted by molar-refractivity contribution is 6.15. The molecule has 0 saturated carbocycles. The van der Waals surface area contributed by atoms with Crippen molar-refractivity contribution in [1.29, 1.82) is 0 Å². The van der Waals surface area contributed by atoms with Gasteiger partial charge in [-0.3, -0.25) is 14.6 Å². The molecule has 0 unspecified atom stereocenters. The van der Waals surface area contributed by atoms with Crippen LogP contribution in [0.5, 0.6) is 0 Å². The predicted molar refractivity (Wildman–Crippen MR) is 78.2 cm³/mol. The van der Waals surface area contributed by atoms with E-state index in [4.69, 9.17) is 9.84 Å². The first-order valence-electron chi connectivity index (χ1n) is 6.96. The number of nitrogens with zero attached hydrogens (tertiary/aromatic N) is 1. The third-order valence-electron chi connectivity index (χ3n) is 3.78. The number of esters is 1. The number of rotatable bonds is 5. The second-order valence-electron chi connectivity index (χ2n) is 5.87. The van der Waals surface area contributed by atoms with Crippen LogP contribution in [0.25, 0.3) is 0 Å². The van der Waals surface area contributed by atoms with Crippen LogP contribution in [0.4, 0.5) is 0 Å². The first-order valence-corrected chi connectivity index (χ1v) is 6.96. The van der Waals surface area contributed by atoms with Gasteiger partial charge in [0.15, 0.2) is 5.78 Å². The van der Waals surface area contributed by atoms with E-state index in [-0.39, 0.29) is 36.2 Å². The van der Waals surface area contributed by atoms with Gasteiger partial charge in [0.25, 0.3) is 0 Å². The van der Waals surface area contributed by atoms with E-state index in [0.717, 1.165) is 0 Å². The predicted octanol–water partition coefficient (Wildman–Crippen LogP) is 1.43. The van der Waals surface area contributed by atoms with Gasteiger partial charge >= 0.3 is 5.97 Å². The van der Waals surface area contributed by atoms with E-state index >= 15 is 0 Å². The highest BCUT2D eigenvalue weighted by atomic mass is 16.5. The molecule has 0 aromatic rings. The highest BCUT2D eigenvalue weighted by Gasteiger charge is 2.46. The molecule has 118 valence electrons. The summed E-state index contributed by atoms with van der Waals surface area (Å²) in [6, 6.07) is -0.329. The lowest BCUT2D eigenvalue weighted by Crippen LogP contribution is -2.40. The fourth-order valence-electron chi connectivity index (χ4n) is 2.43. The molecule has 21 heavy (non-hydrogen) atoms. The van der Waals surface area contributed by atoms with Gasteiger partial charge in [0.1, 0.15) is 11.7 Å². The first kappa shape index (κ1) is 17.4. The Bertz CT molecular complexity index is 474. The van der Waals surface area contributed by atoms with Gasteiger partial charge in [0.2, 0.25) is 0 Å². The minimum Gasteiger partial charge on any atom is -0.511 e. The van der Waals surface area contributed by atoms with Crippen LogP contribution < -0.4 is 0 Å². The lowest BCUT2D eigenvalue weighted by Gasteiger charge is -2.35. The Kier molecular flexibility index (Phi) is 5.66. The second kappa shape index (κ2) is 6.85. The second-order valence-corrected chi connectivity index (χ2v) is 5.87. The van der Waals surface area contributed by atoms with E-state index in [9.17, 15) is 14.7 Å². The number of ketones is 1. The number of Topliss-reactive ketones (excluding diaryl/α,β-unsaturated/α-hetero) is 1. The number of carbonyl (C=O) groups is 2. The molecule has 2 atom stereocenters. The zero-order valence-corrected chi connectivity index (χ0v) is 12.9. The van der Waals surface area contributed by atoms with Crippen LogP contribution in [0, 0.1) is 11.3 Å². The van der Waals surface area contributed by atoms with Gasteiger partial charge in [0, 0.05) is 12.6 Å². The minimum absolute atomic E-state index is 0.0247. The SMILES string of the molecule is CC[C@H](CO)N=CC1=C(O)[C@@H](C(=O)OC)C(C)(C)CC1=O. The van der Waals surface area contributed by atoms with Gasteiger partial charge in [-0.25, -0.2) is 0 Å². The van der Waals surface area contributed by atoms with Crippen molar-refractivity contribution in [1.82, 2.24) is 0 Å². The van der Waals surface area contributed by atoms with E-state index in [1.54, 1.807) is 13.8 Å². The molecule has 0 radical (unpaired) electrons. The van der Waals surface area contributed by atoms with E-state index < -0.39 is 17.3 Å². The molecule has 0 amide bonds. The maximum Gasteiger partial charge on any atom is 0.316 e. The van der Waals surface area contributed by atoms with Crippen LogP contribution >= 0.6 is 0 Å². The quantitative estimate of drug-likeness (QED) is 0.591. The standard InChI is InChI=1S/C15H23NO5/c1-5-9(8-17)16-7-10-11(18)6-15(2,3)12(13(10)19)14(20)21-4/h7,9,12,17,19H,5-6,8H2,1-4H3/t9-,12+/m1/s1. The van der Waals surface area contributed by atoms with Crippen LogP contribution in [0.1, 0.15) is 33.6 Å². The summed E-state index contributed by atoms with van der Waals surface area (Å²) in [6.07, 6.45) is 1.99. The number of hydrogen-bond donors (Lipinski definition) is 2. The molecule has 0 heterocycles. The number of carbonyl (C=O) groups excluding carboxylic acids is 2. The van der Waals surface area contributed by atoms with Gasteiger partial charge in [0.05, 0.1) is 25.3 Å². The lowest BCUT2D eigenvalue weighted by molar-refractivity contribution is -0.150. The monoisotopic (exact) mass is 297 g/mol. The number of aliphatic hydroxyl groups excluding tert-OH is 2. The Morgan fingerprint density at radius 3 is 2.67 bits per heavy atom. The van der Waals surface area contributed by atoms with Crippen LogP contribution in [0.15, 0.2) is 16.3 Å². The molecule has 1 aliphatic carbocycles. The zero-order chi connectivity index (χ0) is 16.2. The molecule has 0 fully saturated rings. The molecule has 6 heteroatoms. The third kappa shape index (κ3) is 3.69. The highest BCUT2D eigenvalue weighted by Crippen LogP contribution is 2.41. The Morgan fingerprint density at radius 2 is 2.19 bits per heavy atom. The zero-order valence-electron chi connectivity index (χ0n) is 12.9. The van der Waals surface area contributed by atoms with Crippen molar-refractivity contribution in [2.24, 2.45) is 16.3 Å². The van der Waals surface area contributed by atoms with E-state index in [1.165, 1.54) is 13.3 Å². The van der Waals surface area contributed by atoms with Crippen LogP contribution in [-0.4, -0.2) is 47.9 Å². The third-order valence-corrected chi connectivity index (χ3v) is 3.78. The average molecular weight is 297 g/mol. The van der Waals surface area contributed by atoms with Crippen molar-refractivity contribution >= 4 is 18.0 Å². The molecule has 0 spiro atoms. The number of aliphatic imine (C=N–C) groups is 1. The lowest BCUT2D eigenvalue weighted by atomic mass is 9.68. The molecule has 1 rings (SSSR count). The smallest absolute Gasteiger partial charge is 0.316 e. The Morgan fingerprint density at radius 1 is 1.57 bits per heavy atom. The van der Waals surface area contributed by atoms with Gasteiger partial charge in [-0.1, -0.05) is 20.8 Å². The van der Waals surface area contributed by atoms with Crippen molar-refractivity contribution in [3.05, 3.63) is 11.3 Å². The number of allylic oxidation sites excluding steroid dienone is 1.